The zero-order valence-corrected chi connectivity index (χ0v) is 12.0. The van der Waals surface area contributed by atoms with Crippen LogP contribution >= 0.6 is 0 Å². The summed E-state index contributed by atoms with van der Waals surface area (Å²) in [7, 11) is 2.95. The van der Waals surface area contributed by atoms with Crippen molar-refractivity contribution in [1.82, 2.24) is 4.57 Å². The molecule has 1 heterocycles. The summed E-state index contributed by atoms with van der Waals surface area (Å²) < 4.78 is 12.1. The van der Waals surface area contributed by atoms with Crippen LogP contribution in [0.4, 0.5) is 0 Å². The molecule has 0 amide bonds. The van der Waals surface area contributed by atoms with Crippen LogP contribution in [-0.2, 0) is 6.54 Å². The van der Waals surface area contributed by atoms with Gasteiger partial charge in [-0.15, -0.1) is 0 Å². The van der Waals surface area contributed by atoms with Crippen molar-refractivity contribution in [3.8, 4) is 17.2 Å². The first-order valence-corrected chi connectivity index (χ1v) is 6.61. The van der Waals surface area contributed by atoms with Crippen LogP contribution < -0.4 is 15.0 Å². The van der Waals surface area contributed by atoms with Gasteiger partial charge in [0, 0.05) is 18.0 Å². The molecule has 0 spiro atoms. The van der Waals surface area contributed by atoms with Gasteiger partial charge in [-0.25, -0.2) is 0 Å². The second kappa shape index (κ2) is 5.86. The maximum absolute atomic E-state index is 12.5. The number of hydrogen-bond acceptors (Lipinski definition) is 4. The highest BCUT2D eigenvalue weighted by Crippen LogP contribution is 2.33. The molecule has 2 rings (SSSR count). The third-order valence-corrected chi connectivity index (χ3v) is 3.31. The Morgan fingerprint density at radius 3 is 2.50 bits per heavy atom. The van der Waals surface area contributed by atoms with Crippen molar-refractivity contribution >= 4 is 10.9 Å². The Bertz CT molecular complexity index is 676. The lowest BCUT2D eigenvalue weighted by Gasteiger charge is -2.16. The fourth-order valence-electron chi connectivity index (χ4n) is 2.31. The molecule has 2 aromatic rings. The number of rotatable bonds is 5. The van der Waals surface area contributed by atoms with Crippen molar-refractivity contribution in [2.24, 2.45) is 0 Å². The van der Waals surface area contributed by atoms with Crippen molar-refractivity contribution in [1.29, 1.82) is 0 Å². The minimum absolute atomic E-state index is 0.120. The molecule has 0 saturated heterocycles. The molecule has 5 heteroatoms. The molecular weight excluding hydrogens is 258 g/mol. The van der Waals surface area contributed by atoms with Crippen LogP contribution in [0.15, 0.2) is 23.0 Å². The number of aromatic nitrogens is 1. The Balaban J connectivity index is 2.84. The molecule has 0 atom stereocenters. The van der Waals surface area contributed by atoms with Gasteiger partial charge in [-0.3, -0.25) is 4.79 Å². The molecule has 0 bridgehead atoms. The van der Waals surface area contributed by atoms with E-state index >= 15 is 0 Å². The second-order valence-electron chi connectivity index (χ2n) is 4.58. The lowest BCUT2D eigenvalue weighted by molar-refractivity contribution is 0.350. The van der Waals surface area contributed by atoms with Crippen LogP contribution in [0.25, 0.3) is 10.9 Å². The highest BCUT2D eigenvalue weighted by Gasteiger charge is 2.18. The van der Waals surface area contributed by atoms with Gasteiger partial charge in [0.05, 0.1) is 19.7 Å². The maximum atomic E-state index is 12.5. The van der Waals surface area contributed by atoms with E-state index in [4.69, 9.17) is 9.47 Å². The first kappa shape index (κ1) is 14.2. The minimum Gasteiger partial charge on any atom is -0.508 e. The number of hydrogen-bond donors (Lipinski definition) is 1. The predicted molar refractivity (Wildman–Crippen MR) is 77.9 cm³/mol. The Morgan fingerprint density at radius 2 is 1.90 bits per heavy atom. The molecule has 108 valence electrons. The Kier molecular flexibility index (Phi) is 4.17. The summed E-state index contributed by atoms with van der Waals surface area (Å²) in [6, 6.07) is 4.88. The number of methoxy groups -OCH3 is 2. The van der Waals surface area contributed by atoms with Crippen LogP contribution in [0.5, 0.6) is 17.2 Å². The largest absolute Gasteiger partial charge is 0.508 e. The van der Waals surface area contributed by atoms with Crippen molar-refractivity contribution in [2.45, 2.75) is 26.3 Å². The zero-order chi connectivity index (χ0) is 14.7. The van der Waals surface area contributed by atoms with Gasteiger partial charge in [0.2, 0.25) is 5.75 Å². The highest BCUT2D eigenvalue weighted by atomic mass is 16.5. The second-order valence-corrected chi connectivity index (χ2v) is 4.58. The molecule has 1 aromatic heterocycles. The zero-order valence-electron chi connectivity index (χ0n) is 12.0. The van der Waals surface area contributed by atoms with Crippen LogP contribution in [0, 0.1) is 0 Å². The molecule has 0 radical (unpaired) electrons. The average molecular weight is 277 g/mol. The van der Waals surface area contributed by atoms with Crippen molar-refractivity contribution in [3.05, 3.63) is 28.6 Å². The molecule has 0 unspecified atom stereocenters. The summed E-state index contributed by atoms with van der Waals surface area (Å²) >= 11 is 0. The molecule has 1 aromatic carbocycles. The van der Waals surface area contributed by atoms with E-state index in [0.717, 1.165) is 18.2 Å². The number of aryl methyl sites for hydroxylation is 1. The monoisotopic (exact) mass is 277 g/mol. The number of phenols is 1. The summed E-state index contributed by atoms with van der Waals surface area (Å²) in [5, 5.41) is 10.4. The van der Waals surface area contributed by atoms with E-state index in [1.807, 2.05) is 0 Å². The van der Waals surface area contributed by atoms with Gasteiger partial charge in [-0.1, -0.05) is 13.3 Å². The minimum atomic E-state index is -0.240. The van der Waals surface area contributed by atoms with Crippen LogP contribution in [-0.4, -0.2) is 23.9 Å². The highest BCUT2D eigenvalue weighted by molar-refractivity contribution is 5.89. The van der Waals surface area contributed by atoms with Gasteiger partial charge in [0.15, 0.2) is 5.75 Å². The fraction of sp³-hybridized carbons (Fsp3) is 0.400. The van der Waals surface area contributed by atoms with E-state index in [0.29, 0.717) is 17.8 Å². The first-order chi connectivity index (χ1) is 9.63. The molecule has 0 aliphatic carbocycles. The molecule has 20 heavy (non-hydrogen) atoms. The molecule has 0 aliphatic rings. The summed E-state index contributed by atoms with van der Waals surface area (Å²) in [6.07, 6.45) is 1.85. The van der Waals surface area contributed by atoms with Gasteiger partial charge in [-0.2, -0.15) is 0 Å². The molecule has 1 N–H and O–H groups in total. The maximum Gasteiger partial charge on any atom is 0.297 e. The van der Waals surface area contributed by atoms with Crippen LogP contribution in [0.3, 0.4) is 0 Å². The summed E-state index contributed by atoms with van der Waals surface area (Å²) in [5.74, 6) is 0.719. The standard InChI is InChI=1S/C15H19NO4/c1-4-5-8-16-12-9-10(17)6-7-11(12)13(19-2)14(20-3)15(16)18/h6-7,9,17H,4-5,8H2,1-3H3. The lowest BCUT2D eigenvalue weighted by Crippen LogP contribution is -2.22. The quantitative estimate of drug-likeness (QED) is 0.912. The van der Waals surface area contributed by atoms with Crippen molar-refractivity contribution < 1.29 is 14.6 Å². The average Bonchev–Trinajstić information content (AvgIpc) is 2.45. The van der Waals surface area contributed by atoms with Gasteiger partial charge in [0.25, 0.3) is 5.56 Å². The smallest absolute Gasteiger partial charge is 0.297 e. The normalized spacial score (nSPS) is 10.8. The van der Waals surface area contributed by atoms with Gasteiger partial charge in [-0.05, 0) is 18.6 Å². The van der Waals surface area contributed by atoms with E-state index in [1.165, 1.54) is 14.2 Å². The lowest BCUT2D eigenvalue weighted by atomic mass is 10.1. The Labute approximate surface area is 117 Å². The van der Waals surface area contributed by atoms with E-state index in [1.54, 1.807) is 22.8 Å². The SMILES string of the molecule is CCCCn1c(=O)c(OC)c(OC)c2ccc(O)cc21. The van der Waals surface area contributed by atoms with Gasteiger partial charge in [0.1, 0.15) is 5.75 Å². The van der Waals surface area contributed by atoms with Gasteiger partial charge >= 0.3 is 0 Å². The summed E-state index contributed by atoms with van der Waals surface area (Å²) in [5.41, 5.74) is 0.414. The predicted octanol–water partition coefficient (Wildman–Crippen LogP) is 2.52. The summed E-state index contributed by atoms with van der Waals surface area (Å²) in [4.78, 5) is 12.5. The van der Waals surface area contributed by atoms with Crippen LogP contribution in [0.2, 0.25) is 0 Å². The van der Waals surface area contributed by atoms with Crippen LogP contribution in [0.1, 0.15) is 19.8 Å². The van der Waals surface area contributed by atoms with Crippen molar-refractivity contribution in [2.75, 3.05) is 14.2 Å². The van der Waals surface area contributed by atoms with E-state index in [2.05, 4.69) is 6.92 Å². The number of pyridine rings is 1. The first-order valence-electron chi connectivity index (χ1n) is 6.61. The van der Waals surface area contributed by atoms with E-state index < -0.39 is 0 Å². The topological polar surface area (TPSA) is 60.7 Å². The number of nitrogens with zero attached hydrogens (tertiary/aromatic N) is 1. The fourth-order valence-corrected chi connectivity index (χ4v) is 2.31. The molecule has 0 fully saturated rings. The summed E-state index contributed by atoms with van der Waals surface area (Å²) in [6.45, 7) is 2.64. The van der Waals surface area contributed by atoms with E-state index in [-0.39, 0.29) is 17.1 Å². The number of aromatic hydroxyl groups is 1. The number of fused-ring (bicyclic) bond motifs is 1. The molecule has 0 saturated carbocycles. The van der Waals surface area contributed by atoms with Gasteiger partial charge < -0.3 is 19.1 Å². The number of phenolic OH excluding ortho intramolecular Hbond substituents is 1. The third-order valence-electron chi connectivity index (χ3n) is 3.31. The Morgan fingerprint density at radius 1 is 1.20 bits per heavy atom. The Hall–Kier alpha value is -2.17. The number of unbranched alkanes of at least 4 members (excludes halogenated alkanes) is 1. The third kappa shape index (κ3) is 2.31. The molecule has 5 nitrogen and oxygen atoms in total. The number of ether oxygens (including phenoxy) is 2. The van der Waals surface area contributed by atoms with E-state index in [9.17, 15) is 9.90 Å². The van der Waals surface area contributed by atoms with Crippen molar-refractivity contribution in [3.63, 3.8) is 0 Å². The number of benzene rings is 1. The molecule has 0 aliphatic heterocycles. The molecular formula is C15H19NO4.